The highest BCUT2D eigenvalue weighted by molar-refractivity contribution is 6.31. The second-order valence-corrected chi connectivity index (χ2v) is 5.10. The zero-order chi connectivity index (χ0) is 13.8. The third-order valence-electron chi connectivity index (χ3n) is 2.87. The molecule has 0 saturated heterocycles. The molecule has 0 radical (unpaired) electrons. The Bertz CT molecular complexity index is 396. The lowest BCUT2D eigenvalue weighted by atomic mass is 9.96. The van der Waals surface area contributed by atoms with E-state index in [1.807, 2.05) is 11.6 Å². The first-order chi connectivity index (χ1) is 8.36. The van der Waals surface area contributed by atoms with Crippen LogP contribution in [0.4, 0.5) is 0 Å². The minimum atomic E-state index is -0.910. The highest BCUT2D eigenvalue weighted by atomic mass is 35.5. The van der Waals surface area contributed by atoms with Gasteiger partial charge in [-0.2, -0.15) is 5.10 Å². The van der Waals surface area contributed by atoms with Gasteiger partial charge in [0.25, 0.3) is 0 Å². The van der Waals surface area contributed by atoms with E-state index in [2.05, 4.69) is 9.84 Å². The van der Waals surface area contributed by atoms with Gasteiger partial charge in [0.1, 0.15) is 5.54 Å². The maximum atomic E-state index is 11.4. The van der Waals surface area contributed by atoms with Crippen molar-refractivity contribution in [2.75, 3.05) is 7.11 Å². The van der Waals surface area contributed by atoms with Crippen LogP contribution in [0.2, 0.25) is 5.02 Å². The SMILES string of the molecule is COC(=O)C(C)(N)CCCCn1cc(Cl)c(C)n1. The maximum absolute atomic E-state index is 11.4. The summed E-state index contributed by atoms with van der Waals surface area (Å²) in [6.45, 7) is 4.33. The number of carbonyl (C=O) groups excluding carboxylic acids is 1. The number of nitrogens with zero attached hydrogens (tertiary/aromatic N) is 2. The number of hydrogen-bond acceptors (Lipinski definition) is 4. The van der Waals surface area contributed by atoms with Crippen LogP contribution in [-0.2, 0) is 16.1 Å². The molecule has 0 saturated carbocycles. The topological polar surface area (TPSA) is 70.1 Å². The summed E-state index contributed by atoms with van der Waals surface area (Å²) < 4.78 is 6.46. The van der Waals surface area contributed by atoms with E-state index in [1.165, 1.54) is 7.11 Å². The van der Waals surface area contributed by atoms with Crippen molar-refractivity contribution in [2.45, 2.75) is 45.2 Å². The number of ether oxygens (including phenoxy) is 1. The Balaban J connectivity index is 2.33. The Labute approximate surface area is 112 Å². The van der Waals surface area contributed by atoms with Crippen molar-refractivity contribution in [1.82, 2.24) is 9.78 Å². The van der Waals surface area contributed by atoms with Crippen LogP contribution < -0.4 is 5.73 Å². The van der Waals surface area contributed by atoms with Crippen LogP contribution in [-0.4, -0.2) is 28.4 Å². The number of unbranched alkanes of at least 4 members (excludes halogenated alkanes) is 1. The van der Waals surface area contributed by atoms with E-state index in [4.69, 9.17) is 17.3 Å². The first-order valence-corrected chi connectivity index (χ1v) is 6.31. The van der Waals surface area contributed by atoms with Crippen molar-refractivity contribution in [1.29, 1.82) is 0 Å². The van der Waals surface area contributed by atoms with Crippen LogP contribution >= 0.6 is 11.6 Å². The third-order valence-corrected chi connectivity index (χ3v) is 3.24. The van der Waals surface area contributed by atoms with Crippen molar-refractivity contribution >= 4 is 17.6 Å². The lowest BCUT2D eigenvalue weighted by Crippen LogP contribution is -2.45. The van der Waals surface area contributed by atoms with Gasteiger partial charge < -0.3 is 10.5 Å². The van der Waals surface area contributed by atoms with Crippen molar-refractivity contribution in [3.8, 4) is 0 Å². The molecule has 0 aromatic carbocycles. The second-order valence-electron chi connectivity index (χ2n) is 4.69. The number of nitrogens with two attached hydrogens (primary N) is 1. The zero-order valence-electron chi connectivity index (χ0n) is 11.1. The molecule has 1 aromatic rings. The van der Waals surface area contributed by atoms with E-state index < -0.39 is 5.54 Å². The Morgan fingerprint density at radius 1 is 1.61 bits per heavy atom. The average molecular weight is 274 g/mol. The average Bonchev–Trinajstić information content (AvgIpc) is 2.63. The molecule has 0 fully saturated rings. The summed E-state index contributed by atoms with van der Waals surface area (Å²) >= 11 is 5.91. The van der Waals surface area contributed by atoms with Crippen molar-refractivity contribution in [3.05, 3.63) is 16.9 Å². The molecule has 2 N–H and O–H groups in total. The molecular formula is C12H20ClN3O2. The van der Waals surface area contributed by atoms with E-state index >= 15 is 0 Å². The van der Waals surface area contributed by atoms with Crippen molar-refractivity contribution in [3.63, 3.8) is 0 Å². The predicted octanol–water partition coefficient (Wildman–Crippen LogP) is 1.91. The molecule has 1 rings (SSSR count). The minimum Gasteiger partial charge on any atom is -0.468 e. The van der Waals surface area contributed by atoms with Crippen LogP contribution in [0.15, 0.2) is 6.20 Å². The number of carbonyl (C=O) groups is 1. The van der Waals surface area contributed by atoms with Crippen LogP contribution in [0.25, 0.3) is 0 Å². The van der Waals surface area contributed by atoms with Crippen LogP contribution in [0, 0.1) is 6.92 Å². The molecular weight excluding hydrogens is 254 g/mol. The number of aromatic nitrogens is 2. The smallest absolute Gasteiger partial charge is 0.325 e. The van der Waals surface area contributed by atoms with E-state index in [0.717, 1.165) is 25.1 Å². The van der Waals surface area contributed by atoms with Gasteiger partial charge >= 0.3 is 5.97 Å². The fraction of sp³-hybridized carbons (Fsp3) is 0.667. The summed E-state index contributed by atoms with van der Waals surface area (Å²) in [6.07, 6.45) is 4.12. The predicted molar refractivity (Wildman–Crippen MR) is 70.4 cm³/mol. The minimum absolute atomic E-state index is 0.375. The molecule has 1 atom stereocenters. The molecule has 0 spiro atoms. The molecule has 0 amide bonds. The summed E-state index contributed by atoms with van der Waals surface area (Å²) in [5.41, 5.74) is 5.78. The van der Waals surface area contributed by atoms with Gasteiger partial charge in [-0.05, 0) is 33.1 Å². The molecule has 18 heavy (non-hydrogen) atoms. The van der Waals surface area contributed by atoms with E-state index in [1.54, 1.807) is 13.1 Å². The van der Waals surface area contributed by atoms with Gasteiger partial charge in [0.15, 0.2) is 0 Å². The number of methoxy groups -OCH3 is 1. The standard InChI is InChI=1S/C12H20ClN3O2/c1-9-10(13)8-16(15-9)7-5-4-6-12(2,14)11(17)18-3/h8H,4-7,14H2,1-3H3. The lowest BCUT2D eigenvalue weighted by molar-refractivity contribution is -0.146. The van der Waals surface area contributed by atoms with Gasteiger partial charge in [-0.15, -0.1) is 0 Å². The number of hydrogen-bond donors (Lipinski definition) is 1. The van der Waals surface area contributed by atoms with Crippen molar-refractivity contribution < 1.29 is 9.53 Å². The Kier molecular flexibility index (Phi) is 5.16. The van der Waals surface area contributed by atoms with Gasteiger partial charge in [0, 0.05) is 12.7 Å². The Morgan fingerprint density at radius 2 is 2.28 bits per heavy atom. The zero-order valence-corrected chi connectivity index (χ0v) is 11.8. The first-order valence-electron chi connectivity index (χ1n) is 5.93. The molecule has 102 valence electrons. The lowest BCUT2D eigenvalue weighted by Gasteiger charge is -2.20. The molecule has 1 aromatic heterocycles. The number of esters is 1. The van der Waals surface area contributed by atoms with Gasteiger partial charge in [0.05, 0.1) is 17.8 Å². The second kappa shape index (κ2) is 6.20. The molecule has 5 nitrogen and oxygen atoms in total. The van der Waals surface area contributed by atoms with E-state index in [9.17, 15) is 4.79 Å². The van der Waals surface area contributed by atoms with Crippen LogP contribution in [0.5, 0.6) is 0 Å². The molecule has 1 heterocycles. The van der Waals surface area contributed by atoms with Crippen LogP contribution in [0.1, 0.15) is 31.9 Å². The largest absolute Gasteiger partial charge is 0.468 e. The molecule has 0 bridgehead atoms. The van der Waals surface area contributed by atoms with Crippen LogP contribution in [0.3, 0.4) is 0 Å². The Hall–Kier alpha value is -1.07. The number of aryl methyl sites for hydroxylation is 2. The van der Waals surface area contributed by atoms with Crippen molar-refractivity contribution in [2.24, 2.45) is 5.73 Å². The Morgan fingerprint density at radius 3 is 2.78 bits per heavy atom. The third kappa shape index (κ3) is 3.99. The summed E-state index contributed by atoms with van der Waals surface area (Å²) in [6, 6.07) is 0. The fourth-order valence-corrected chi connectivity index (χ4v) is 1.86. The molecule has 0 aliphatic heterocycles. The molecule has 0 aliphatic carbocycles. The van der Waals surface area contributed by atoms with Gasteiger partial charge in [-0.25, -0.2) is 0 Å². The summed E-state index contributed by atoms with van der Waals surface area (Å²) in [5.74, 6) is -0.375. The maximum Gasteiger partial charge on any atom is 0.325 e. The van der Waals surface area contributed by atoms with Gasteiger partial charge in [-0.3, -0.25) is 9.48 Å². The highest BCUT2D eigenvalue weighted by Gasteiger charge is 2.28. The summed E-state index contributed by atoms with van der Waals surface area (Å²) in [7, 11) is 1.35. The molecule has 0 aliphatic rings. The highest BCUT2D eigenvalue weighted by Crippen LogP contribution is 2.15. The van der Waals surface area contributed by atoms with E-state index in [0.29, 0.717) is 11.4 Å². The number of halogens is 1. The van der Waals surface area contributed by atoms with E-state index in [-0.39, 0.29) is 5.97 Å². The first kappa shape index (κ1) is 15.0. The molecule has 6 heteroatoms. The summed E-state index contributed by atoms with van der Waals surface area (Å²) in [5, 5.41) is 4.93. The quantitative estimate of drug-likeness (QED) is 0.635. The normalized spacial score (nSPS) is 14.3. The van der Waals surface area contributed by atoms with Gasteiger partial charge in [-0.1, -0.05) is 11.6 Å². The van der Waals surface area contributed by atoms with Gasteiger partial charge in [0.2, 0.25) is 0 Å². The molecule has 1 unspecified atom stereocenters. The summed E-state index contributed by atoms with van der Waals surface area (Å²) in [4.78, 5) is 11.4. The fourth-order valence-electron chi connectivity index (χ4n) is 1.71. The number of rotatable bonds is 6. The monoisotopic (exact) mass is 273 g/mol.